The van der Waals surface area contributed by atoms with Crippen LogP contribution in [0.4, 0.5) is 18.9 Å². The molecule has 0 unspecified atom stereocenters. The van der Waals surface area contributed by atoms with Crippen LogP contribution in [0, 0.1) is 13.8 Å². The van der Waals surface area contributed by atoms with Crippen LogP contribution in [-0.2, 0) is 11.0 Å². The van der Waals surface area contributed by atoms with Gasteiger partial charge in [-0.3, -0.25) is 4.79 Å². The molecule has 0 saturated carbocycles. The number of rotatable bonds is 4. The van der Waals surface area contributed by atoms with Gasteiger partial charge in [0.15, 0.2) is 0 Å². The predicted molar refractivity (Wildman–Crippen MR) is 86.7 cm³/mol. The highest BCUT2D eigenvalue weighted by Gasteiger charge is 2.30. The average molecular weight is 339 g/mol. The van der Waals surface area contributed by atoms with Crippen LogP contribution < -0.4 is 5.32 Å². The number of amides is 1. The van der Waals surface area contributed by atoms with Gasteiger partial charge in [0.25, 0.3) is 0 Å². The Morgan fingerprint density at radius 1 is 1.09 bits per heavy atom. The molecular weight excluding hydrogens is 323 g/mol. The zero-order valence-corrected chi connectivity index (χ0v) is 13.5. The van der Waals surface area contributed by atoms with E-state index in [4.69, 9.17) is 0 Å². The van der Waals surface area contributed by atoms with Crippen LogP contribution in [0.25, 0.3) is 0 Å². The molecule has 6 heteroatoms. The minimum atomic E-state index is -4.38. The van der Waals surface area contributed by atoms with Crippen molar-refractivity contribution in [3.05, 3.63) is 59.2 Å². The molecule has 0 bridgehead atoms. The molecule has 0 aliphatic rings. The lowest BCUT2D eigenvalue weighted by Crippen LogP contribution is -2.15. The number of hydrogen-bond donors (Lipinski definition) is 1. The molecule has 122 valence electrons. The summed E-state index contributed by atoms with van der Waals surface area (Å²) in [6.07, 6.45) is -4.38. The van der Waals surface area contributed by atoms with Crippen LogP contribution in [0.2, 0.25) is 0 Å². The van der Waals surface area contributed by atoms with Crippen molar-refractivity contribution in [1.82, 2.24) is 0 Å². The number of hydrogen-bond acceptors (Lipinski definition) is 2. The van der Waals surface area contributed by atoms with Gasteiger partial charge in [-0.1, -0.05) is 24.3 Å². The van der Waals surface area contributed by atoms with Gasteiger partial charge in [0, 0.05) is 10.6 Å². The maximum atomic E-state index is 12.7. The highest BCUT2D eigenvalue weighted by molar-refractivity contribution is 8.00. The Kier molecular flexibility index (Phi) is 5.36. The Balaban J connectivity index is 2.00. The van der Waals surface area contributed by atoms with E-state index >= 15 is 0 Å². The van der Waals surface area contributed by atoms with Crippen molar-refractivity contribution in [1.29, 1.82) is 0 Å². The first-order valence-electron chi connectivity index (χ1n) is 6.93. The smallest absolute Gasteiger partial charge is 0.325 e. The van der Waals surface area contributed by atoms with E-state index in [2.05, 4.69) is 5.32 Å². The summed E-state index contributed by atoms with van der Waals surface area (Å²) in [7, 11) is 0. The topological polar surface area (TPSA) is 29.1 Å². The Labute approximate surface area is 137 Å². The number of benzene rings is 2. The minimum absolute atomic E-state index is 0.0507. The number of carbonyl (C=O) groups is 1. The van der Waals surface area contributed by atoms with E-state index in [9.17, 15) is 18.0 Å². The lowest BCUT2D eigenvalue weighted by atomic mass is 10.1. The summed E-state index contributed by atoms with van der Waals surface area (Å²) in [5.41, 5.74) is 1.93. The normalized spacial score (nSPS) is 11.3. The maximum absolute atomic E-state index is 12.7. The van der Waals surface area contributed by atoms with Gasteiger partial charge in [-0.25, -0.2) is 0 Å². The standard InChI is InChI=1S/C17H16F3NOS/c1-11-5-3-6-12(2)16(11)21-15(22)10-23-14-8-4-7-13(9-14)17(18,19)20/h3-9H,10H2,1-2H3,(H,21,22). The largest absolute Gasteiger partial charge is 0.416 e. The third-order valence-electron chi connectivity index (χ3n) is 3.28. The summed E-state index contributed by atoms with van der Waals surface area (Å²) in [6.45, 7) is 3.78. The van der Waals surface area contributed by atoms with Crippen molar-refractivity contribution in [2.75, 3.05) is 11.1 Å². The van der Waals surface area contributed by atoms with Crippen LogP contribution in [0.3, 0.4) is 0 Å². The number of halogens is 3. The number of carbonyl (C=O) groups excluding carboxylic acids is 1. The highest BCUT2D eigenvalue weighted by atomic mass is 32.2. The molecule has 0 spiro atoms. The number of alkyl halides is 3. The molecule has 23 heavy (non-hydrogen) atoms. The van der Waals surface area contributed by atoms with Crippen molar-refractivity contribution >= 4 is 23.4 Å². The summed E-state index contributed by atoms with van der Waals surface area (Å²) in [4.78, 5) is 12.4. The summed E-state index contributed by atoms with van der Waals surface area (Å²) in [6, 6.07) is 10.7. The first-order valence-corrected chi connectivity index (χ1v) is 7.92. The fourth-order valence-corrected chi connectivity index (χ4v) is 2.85. The van der Waals surface area contributed by atoms with Gasteiger partial charge in [0.05, 0.1) is 11.3 Å². The van der Waals surface area contributed by atoms with E-state index in [0.717, 1.165) is 40.7 Å². The first kappa shape index (κ1) is 17.4. The van der Waals surface area contributed by atoms with Gasteiger partial charge in [0.1, 0.15) is 0 Å². The molecule has 0 aromatic heterocycles. The minimum Gasteiger partial charge on any atom is -0.325 e. The summed E-state index contributed by atoms with van der Waals surface area (Å²) >= 11 is 1.08. The van der Waals surface area contributed by atoms with Gasteiger partial charge in [-0.2, -0.15) is 13.2 Å². The van der Waals surface area contributed by atoms with Gasteiger partial charge in [0.2, 0.25) is 5.91 Å². The molecule has 2 aromatic rings. The predicted octanol–water partition coefficient (Wildman–Crippen LogP) is 5.05. The van der Waals surface area contributed by atoms with E-state index in [1.165, 1.54) is 6.07 Å². The Bertz CT molecular complexity index is 693. The van der Waals surface area contributed by atoms with Gasteiger partial charge in [-0.05, 0) is 43.2 Å². The molecule has 0 radical (unpaired) electrons. The number of anilines is 1. The molecule has 0 atom stereocenters. The molecule has 2 rings (SSSR count). The summed E-state index contributed by atoms with van der Waals surface area (Å²) < 4.78 is 38.0. The first-order chi connectivity index (χ1) is 10.8. The Hall–Kier alpha value is -1.95. The average Bonchev–Trinajstić information content (AvgIpc) is 2.48. The molecule has 0 aliphatic heterocycles. The van der Waals surface area contributed by atoms with Crippen molar-refractivity contribution in [2.45, 2.75) is 24.9 Å². The van der Waals surface area contributed by atoms with Crippen molar-refractivity contribution in [3.63, 3.8) is 0 Å². The van der Waals surface area contributed by atoms with Gasteiger partial charge < -0.3 is 5.32 Å². The number of nitrogens with one attached hydrogen (secondary N) is 1. The summed E-state index contributed by atoms with van der Waals surface area (Å²) in [5.74, 6) is -0.195. The monoisotopic (exact) mass is 339 g/mol. The molecule has 0 aliphatic carbocycles. The molecule has 1 N–H and O–H groups in total. The lowest BCUT2D eigenvalue weighted by molar-refractivity contribution is -0.137. The molecular formula is C17H16F3NOS. The number of aryl methyl sites for hydroxylation is 2. The zero-order chi connectivity index (χ0) is 17.0. The van der Waals surface area contributed by atoms with Crippen molar-refractivity contribution in [2.24, 2.45) is 0 Å². The Morgan fingerprint density at radius 3 is 2.30 bits per heavy atom. The van der Waals surface area contributed by atoms with Crippen molar-refractivity contribution in [3.8, 4) is 0 Å². The second kappa shape index (κ2) is 7.08. The van der Waals surface area contributed by atoms with Crippen LogP contribution in [0.1, 0.15) is 16.7 Å². The fraction of sp³-hybridized carbons (Fsp3) is 0.235. The van der Waals surface area contributed by atoms with Crippen LogP contribution in [0.15, 0.2) is 47.4 Å². The van der Waals surface area contributed by atoms with Gasteiger partial charge in [-0.15, -0.1) is 11.8 Å². The maximum Gasteiger partial charge on any atom is 0.416 e. The Morgan fingerprint density at radius 2 is 1.70 bits per heavy atom. The van der Waals surface area contributed by atoms with Crippen LogP contribution >= 0.6 is 11.8 Å². The SMILES string of the molecule is Cc1cccc(C)c1NC(=O)CSc1cccc(C(F)(F)F)c1. The molecule has 0 fully saturated rings. The van der Waals surface area contributed by atoms with E-state index in [-0.39, 0.29) is 11.7 Å². The quantitative estimate of drug-likeness (QED) is 0.790. The van der Waals surface area contributed by atoms with Crippen LogP contribution in [-0.4, -0.2) is 11.7 Å². The second-order valence-electron chi connectivity index (χ2n) is 5.13. The van der Waals surface area contributed by atoms with Crippen LogP contribution in [0.5, 0.6) is 0 Å². The number of para-hydroxylation sites is 1. The zero-order valence-electron chi connectivity index (χ0n) is 12.7. The molecule has 2 aromatic carbocycles. The highest BCUT2D eigenvalue weighted by Crippen LogP contribution is 2.32. The molecule has 0 heterocycles. The third kappa shape index (κ3) is 4.76. The van der Waals surface area contributed by atoms with E-state index < -0.39 is 11.7 Å². The number of thioether (sulfide) groups is 1. The fourth-order valence-electron chi connectivity index (χ4n) is 2.10. The second-order valence-corrected chi connectivity index (χ2v) is 6.18. The third-order valence-corrected chi connectivity index (χ3v) is 4.27. The van der Waals surface area contributed by atoms with E-state index in [0.29, 0.717) is 4.90 Å². The molecule has 0 saturated heterocycles. The summed E-state index contributed by atoms with van der Waals surface area (Å²) in [5, 5.41) is 2.81. The van der Waals surface area contributed by atoms with E-state index in [1.807, 2.05) is 32.0 Å². The van der Waals surface area contributed by atoms with Crippen molar-refractivity contribution < 1.29 is 18.0 Å². The molecule has 1 amide bonds. The van der Waals surface area contributed by atoms with E-state index in [1.54, 1.807) is 6.07 Å². The lowest BCUT2D eigenvalue weighted by Gasteiger charge is -2.12. The molecule has 2 nitrogen and oxygen atoms in total. The van der Waals surface area contributed by atoms with Gasteiger partial charge >= 0.3 is 6.18 Å².